The fourth-order valence-corrected chi connectivity index (χ4v) is 1.96. The lowest BCUT2D eigenvalue weighted by Gasteiger charge is -2.22. The quantitative estimate of drug-likeness (QED) is 0.751. The molecule has 0 bridgehead atoms. The number of halogens is 1. The topological polar surface area (TPSA) is 84.2 Å². The molecule has 0 spiro atoms. The number of nitrogens with two attached hydrogens (primary N) is 1. The summed E-state index contributed by atoms with van der Waals surface area (Å²) in [6.45, 7) is 7.52. The Morgan fingerprint density at radius 2 is 1.77 bits per heavy atom. The average molecular weight is 328 g/mol. The summed E-state index contributed by atoms with van der Waals surface area (Å²) in [7, 11) is 0. The summed E-state index contributed by atoms with van der Waals surface area (Å²) >= 11 is 0. The normalized spacial score (nSPS) is 13.0. The van der Waals surface area contributed by atoms with Crippen molar-refractivity contribution in [3.05, 3.63) is 29.8 Å². The summed E-state index contributed by atoms with van der Waals surface area (Å²) in [4.78, 5) is 23.9. The molecule has 0 aliphatic heterocycles. The van der Waals surface area contributed by atoms with E-state index < -0.39 is 5.54 Å². The van der Waals surface area contributed by atoms with Crippen LogP contribution in [0, 0.1) is 0 Å². The zero-order valence-corrected chi connectivity index (χ0v) is 14.4. The van der Waals surface area contributed by atoms with Crippen LogP contribution in [-0.4, -0.2) is 23.4 Å². The van der Waals surface area contributed by atoms with E-state index in [2.05, 4.69) is 10.6 Å². The number of carbonyl (C=O) groups excluding carboxylic acids is 2. The maximum Gasteiger partial charge on any atom is 0.251 e. The molecule has 5 nitrogen and oxygen atoms in total. The van der Waals surface area contributed by atoms with Crippen molar-refractivity contribution in [1.82, 2.24) is 5.32 Å². The van der Waals surface area contributed by atoms with Crippen LogP contribution in [0.5, 0.6) is 0 Å². The Kier molecular flexibility index (Phi) is 8.12. The average Bonchev–Trinajstić information content (AvgIpc) is 2.38. The van der Waals surface area contributed by atoms with Gasteiger partial charge in [-0.05, 0) is 51.5 Å². The summed E-state index contributed by atoms with van der Waals surface area (Å²) in [6, 6.07) is 6.86. The van der Waals surface area contributed by atoms with Crippen molar-refractivity contribution in [3.63, 3.8) is 0 Å². The summed E-state index contributed by atoms with van der Waals surface area (Å²) in [6.07, 6.45) is 1.46. The lowest BCUT2D eigenvalue weighted by Crippen LogP contribution is -2.48. The molecule has 124 valence electrons. The van der Waals surface area contributed by atoms with E-state index >= 15 is 0 Å². The number of benzene rings is 1. The van der Waals surface area contributed by atoms with Crippen molar-refractivity contribution in [3.8, 4) is 0 Å². The second kappa shape index (κ2) is 8.76. The van der Waals surface area contributed by atoms with Gasteiger partial charge in [0.15, 0.2) is 0 Å². The zero-order chi connectivity index (χ0) is 16.0. The SMILES string of the molecule is CCCC(C)(N)C(=O)Nc1ccc(C(=O)NC(C)C)cc1.Cl. The molecule has 0 saturated carbocycles. The number of hydrogen-bond acceptors (Lipinski definition) is 3. The Bertz CT molecular complexity index is 499. The second-order valence-electron chi connectivity index (χ2n) is 5.83. The minimum atomic E-state index is -0.886. The Labute approximate surface area is 138 Å². The number of rotatable bonds is 6. The van der Waals surface area contributed by atoms with Gasteiger partial charge in [-0.1, -0.05) is 13.3 Å². The van der Waals surface area contributed by atoms with E-state index in [1.54, 1.807) is 31.2 Å². The largest absolute Gasteiger partial charge is 0.350 e. The van der Waals surface area contributed by atoms with Gasteiger partial charge in [-0.3, -0.25) is 9.59 Å². The van der Waals surface area contributed by atoms with Crippen molar-refractivity contribution in [2.75, 3.05) is 5.32 Å². The molecule has 1 rings (SSSR count). The maximum atomic E-state index is 12.1. The molecule has 0 fully saturated rings. The highest BCUT2D eigenvalue weighted by molar-refractivity contribution is 5.98. The van der Waals surface area contributed by atoms with Crippen LogP contribution >= 0.6 is 12.4 Å². The molecular formula is C16H26ClN3O2. The highest BCUT2D eigenvalue weighted by Crippen LogP contribution is 2.15. The molecule has 0 saturated heterocycles. The lowest BCUT2D eigenvalue weighted by molar-refractivity contribution is -0.120. The van der Waals surface area contributed by atoms with Crippen LogP contribution in [0.3, 0.4) is 0 Å². The third kappa shape index (κ3) is 6.03. The van der Waals surface area contributed by atoms with Gasteiger partial charge in [-0.25, -0.2) is 0 Å². The van der Waals surface area contributed by atoms with E-state index in [0.29, 0.717) is 17.7 Å². The molecule has 1 atom stereocenters. The molecule has 1 unspecified atom stereocenters. The smallest absolute Gasteiger partial charge is 0.251 e. The van der Waals surface area contributed by atoms with E-state index in [0.717, 1.165) is 6.42 Å². The van der Waals surface area contributed by atoms with Gasteiger partial charge in [-0.2, -0.15) is 0 Å². The Balaban J connectivity index is 0.00000441. The van der Waals surface area contributed by atoms with Gasteiger partial charge >= 0.3 is 0 Å². The van der Waals surface area contributed by atoms with E-state index in [1.807, 2.05) is 20.8 Å². The van der Waals surface area contributed by atoms with Gasteiger partial charge in [-0.15, -0.1) is 12.4 Å². The molecule has 2 amide bonds. The van der Waals surface area contributed by atoms with Crippen LogP contribution in [0.15, 0.2) is 24.3 Å². The first kappa shape index (κ1) is 20.4. The van der Waals surface area contributed by atoms with Crippen LogP contribution in [0.1, 0.15) is 50.9 Å². The molecule has 0 aromatic heterocycles. The third-order valence-electron chi connectivity index (χ3n) is 3.11. The van der Waals surface area contributed by atoms with Crippen molar-refractivity contribution >= 4 is 29.9 Å². The van der Waals surface area contributed by atoms with E-state index in [4.69, 9.17) is 5.73 Å². The van der Waals surface area contributed by atoms with Crippen LogP contribution in [0.4, 0.5) is 5.69 Å². The van der Waals surface area contributed by atoms with Crippen LogP contribution in [0.25, 0.3) is 0 Å². The van der Waals surface area contributed by atoms with Crippen molar-refractivity contribution < 1.29 is 9.59 Å². The van der Waals surface area contributed by atoms with Crippen molar-refractivity contribution in [2.24, 2.45) is 5.73 Å². The lowest BCUT2D eigenvalue weighted by atomic mass is 9.96. The zero-order valence-electron chi connectivity index (χ0n) is 13.6. The second-order valence-corrected chi connectivity index (χ2v) is 5.83. The van der Waals surface area contributed by atoms with Crippen molar-refractivity contribution in [1.29, 1.82) is 0 Å². The number of amides is 2. The number of hydrogen-bond donors (Lipinski definition) is 3. The van der Waals surface area contributed by atoms with Crippen LogP contribution in [-0.2, 0) is 4.79 Å². The summed E-state index contributed by atoms with van der Waals surface area (Å²) < 4.78 is 0. The molecule has 0 aliphatic rings. The summed E-state index contributed by atoms with van der Waals surface area (Å²) in [5.74, 6) is -0.346. The van der Waals surface area contributed by atoms with Gasteiger partial charge in [0.1, 0.15) is 0 Å². The fraction of sp³-hybridized carbons (Fsp3) is 0.500. The highest BCUT2D eigenvalue weighted by Gasteiger charge is 2.27. The predicted molar refractivity (Wildman–Crippen MR) is 92.4 cm³/mol. The first-order chi connectivity index (χ1) is 9.76. The fourth-order valence-electron chi connectivity index (χ4n) is 1.96. The number of carbonyl (C=O) groups is 2. The summed E-state index contributed by atoms with van der Waals surface area (Å²) in [5.41, 5.74) is 6.28. The molecule has 6 heteroatoms. The predicted octanol–water partition coefficient (Wildman–Crippen LogP) is 2.70. The van der Waals surface area contributed by atoms with Gasteiger partial charge in [0.25, 0.3) is 5.91 Å². The molecular weight excluding hydrogens is 302 g/mol. The van der Waals surface area contributed by atoms with Gasteiger partial charge < -0.3 is 16.4 Å². The van der Waals surface area contributed by atoms with Crippen molar-refractivity contribution in [2.45, 2.75) is 52.1 Å². The Morgan fingerprint density at radius 3 is 2.23 bits per heavy atom. The highest BCUT2D eigenvalue weighted by atomic mass is 35.5. The molecule has 0 heterocycles. The number of nitrogens with one attached hydrogen (secondary N) is 2. The maximum absolute atomic E-state index is 12.1. The van der Waals surface area contributed by atoms with E-state index in [9.17, 15) is 9.59 Å². The van der Waals surface area contributed by atoms with E-state index in [-0.39, 0.29) is 30.3 Å². The molecule has 1 aromatic rings. The Morgan fingerprint density at radius 1 is 1.23 bits per heavy atom. The van der Waals surface area contributed by atoms with E-state index in [1.165, 1.54) is 0 Å². The van der Waals surface area contributed by atoms with Gasteiger partial charge in [0, 0.05) is 17.3 Å². The first-order valence-electron chi connectivity index (χ1n) is 7.27. The minimum Gasteiger partial charge on any atom is -0.350 e. The van der Waals surface area contributed by atoms with Crippen LogP contribution in [0.2, 0.25) is 0 Å². The molecule has 0 aliphatic carbocycles. The molecule has 0 radical (unpaired) electrons. The third-order valence-corrected chi connectivity index (χ3v) is 3.11. The Hall–Kier alpha value is -1.59. The van der Waals surface area contributed by atoms with Gasteiger partial charge in [0.2, 0.25) is 5.91 Å². The molecule has 4 N–H and O–H groups in total. The molecule has 1 aromatic carbocycles. The monoisotopic (exact) mass is 327 g/mol. The number of anilines is 1. The van der Waals surface area contributed by atoms with Crippen LogP contribution < -0.4 is 16.4 Å². The molecule has 22 heavy (non-hydrogen) atoms. The first-order valence-corrected chi connectivity index (χ1v) is 7.27. The van der Waals surface area contributed by atoms with Gasteiger partial charge in [0.05, 0.1) is 5.54 Å². The summed E-state index contributed by atoms with van der Waals surface area (Å²) in [5, 5.41) is 5.59. The standard InChI is InChI=1S/C16H25N3O2.ClH/c1-5-10-16(4,17)15(21)19-13-8-6-12(7-9-13)14(20)18-11(2)3;/h6-9,11H,5,10,17H2,1-4H3,(H,18,20)(H,19,21);1H. The minimum absolute atomic E-state index is 0.